The first-order valence-corrected chi connectivity index (χ1v) is 7.72. The number of esters is 1. The van der Waals surface area contributed by atoms with Gasteiger partial charge in [0.05, 0.1) is 0 Å². The minimum atomic E-state index is -0.427. The van der Waals surface area contributed by atoms with Crippen LogP contribution in [0.25, 0.3) is 6.08 Å². The van der Waals surface area contributed by atoms with Gasteiger partial charge in [-0.1, -0.05) is 23.7 Å². The van der Waals surface area contributed by atoms with Crippen molar-refractivity contribution in [2.45, 2.75) is 32.3 Å². The lowest BCUT2D eigenvalue weighted by Crippen LogP contribution is -2.42. The van der Waals surface area contributed by atoms with Crippen molar-refractivity contribution in [2.24, 2.45) is 5.92 Å². The molecule has 0 bridgehead atoms. The highest BCUT2D eigenvalue weighted by Crippen LogP contribution is 2.29. The van der Waals surface area contributed by atoms with Crippen molar-refractivity contribution >= 4 is 23.6 Å². The van der Waals surface area contributed by atoms with E-state index in [9.17, 15) is 4.79 Å². The number of benzene rings is 1. The molecule has 0 aromatic heterocycles. The van der Waals surface area contributed by atoms with Crippen LogP contribution in [0.1, 0.15) is 32.3 Å². The second kappa shape index (κ2) is 7.10. The monoisotopic (exact) mass is 307 g/mol. The van der Waals surface area contributed by atoms with E-state index in [1.54, 1.807) is 18.2 Å². The molecule has 2 rings (SSSR count). The van der Waals surface area contributed by atoms with Gasteiger partial charge >= 0.3 is 5.97 Å². The third-order valence-electron chi connectivity index (χ3n) is 3.97. The second-order valence-corrected chi connectivity index (χ2v) is 6.37. The number of hydrogen-bond donors (Lipinski definition) is 1. The molecule has 114 valence electrons. The highest BCUT2D eigenvalue weighted by Gasteiger charge is 2.33. The highest BCUT2D eigenvalue weighted by molar-refractivity contribution is 6.30. The number of ether oxygens (including phenoxy) is 1. The number of hydrogen-bond acceptors (Lipinski definition) is 3. The molecule has 0 radical (unpaired) electrons. The first-order chi connectivity index (χ1) is 9.97. The van der Waals surface area contributed by atoms with Crippen molar-refractivity contribution in [3.63, 3.8) is 0 Å². The number of halogens is 1. The molecule has 1 saturated heterocycles. The van der Waals surface area contributed by atoms with Crippen molar-refractivity contribution < 1.29 is 9.53 Å². The van der Waals surface area contributed by atoms with Gasteiger partial charge in [-0.15, -0.1) is 0 Å². The molecule has 1 N–H and O–H groups in total. The fraction of sp³-hybridized carbons (Fsp3) is 0.471. The Morgan fingerprint density at radius 2 is 1.90 bits per heavy atom. The molecule has 4 heteroatoms. The second-order valence-electron chi connectivity index (χ2n) is 5.93. The van der Waals surface area contributed by atoms with Crippen molar-refractivity contribution in [1.82, 2.24) is 5.32 Å². The Kier molecular flexibility index (Phi) is 5.43. The van der Waals surface area contributed by atoms with E-state index < -0.39 is 5.60 Å². The van der Waals surface area contributed by atoms with Crippen molar-refractivity contribution in [1.29, 1.82) is 0 Å². The van der Waals surface area contributed by atoms with E-state index in [-0.39, 0.29) is 5.97 Å². The van der Waals surface area contributed by atoms with Gasteiger partial charge in [-0.05, 0) is 63.6 Å². The topological polar surface area (TPSA) is 38.3 Å². The Bertz CT molecular complexity index is 502. The molecule has 0 spiro atoms. The van der Waals surface area contributed by atoms with Crippen LogP contribution in [0.2, 0.25) is 5.02 Å². The summed E-state index contributed by atoms with van der Waals surface area (Å²) in [7, 11) is 0. The molecule has 3 nitrogen and oxygen atoms in total. The van der Waals surface area contributed by atoms with Crippen LogP contribution in [0, 0.1) is 5.92 Å². The number of carbonyl (C=O) groups is 1. The van der Waals surface area contributed by atoms with Gasteiger partial charge in [-0.3, -0.25) is 0 Å². The SMILES string of the molecule is CC(C)(OC(=O)/C=C/c1ccc(Cl)cc1)C1CCNCC1. The molecule has 0 unspecified atom stereocenters. The standard InChI is InChI=1S/C17H22ClNO2/c1-17(2,14-9-11-19-12-10-14)21-16(20)8-5-13-3-6-15(18)7-4-13/h3-8,14,19H,9-12H2,1-2H3/b8-5+. The summed E-state index contributed by atoms with van der Waals surface area (Å²) in [6.45, 7) is 5.98. The average Bonchev–Trinajstić information content (AvgIpc) is 2.47. The van der Waals surface area contributed by atoms with Crippen LogP contribution < -0.4 is 5.32 Å². The maximum atomic E-state index is 12.0. The fourth-order valence-corrected chi connectivity index (χ4v) is 2.76. The van der Waals surface area contributed by atoms with Gasteiger partial charge in [0, 0.05) is 17.0 Å². The lowest BCUT2D eigenvalue weighted by Gasteiger charge is -2.36. The normalized spacial score (nSPS) is 17.1. The molecule has 1 heterocycles. The minimum Gasteiger partial charge on any atom is -0.456 e. The summed E-state index contributed by atoms with van der Waals surface area (Å²) in [6.07, 6.45) is 5.31. The molecular formula is C17H22ClNO2. The van der Waals surface area contributed by atoms with Crippen LogP contribution in [0.4, 0.5) is 0 Å². The largest absolute Gasteiger partial charge is 0.456 e. The molecule has 1 fully saturated rings. The zero-order chi connectivity index (χ0) is 15.3. The van der Waals surface area contributed by atoms with E-state index >= 15 is 0 Å². The Morgan fingerprint density at radius 3 is 2.52 bits per heavy atom. The fourth-order valence-electron chi connectivity index (χ4n) is 2.63. The summed E-state index contributed by atoms with van der Waals surface area (Å²) in [5, 5.41) is 4.01. The molecule has 0 amide bonds. The summed E-state index contributed by atoms with van der Waals surface area (Å²) in [6, 6.07) is 7.32. The lowest BCUT2D eigenvalue weighted by molar-refractivity contribution is -0.156. The summed E-state index contributed by atoms with van der Waals surface area (Å²) in [4.78, 5) is 12.0. The van der Waals surface area contributed by atoms with Gasteiger partial charge in [0.15, 0.2) is 0 Å². The Balaban J connectivity index is 1.92. The molecule has 21 heavy (non-hydrogen) atoms. The minimum absolute atomic E-state index is 0.298. The van der Waals surface area contributed by atoms with Crippen LogP contribution >= 0.6 is 11.6 Å². The Morgan fingerprint density at radius 1 is 1.29 bits per heavy atom. The lowest BCUT2D eigenvalue weighted by atomic mass is 9.83. The first-order valence-electron chi connectivity index (χ1n) is 7.35. The summed E-state index contributed by atoms with van der Waals surface area (Å²) in [5.74, 6) is 0.111. The van der Waals surface area contributed by atoms with E-state index in [4.69, 9.17) is 16.3 Å². The molecule has 0 atom stereocenters. The maximum absolute atomic E-state index is 12.0. The molecule has 1 aromatic carbocycles. The quantitative estimate of drug-likeness (QED) is 0.681. The molecule has 1 aromatic rings. The van der Waals surface area contributed by atoms with Crippen LogP contribution in [0.15, 0.2) is 30.3 Å². The average molecular weight is 308 g/mol. The molecule has 0 aliphatic carbocycles. The van der Waals surface area contributed by atoms with Gasteiger partial charge in [0.2, 0.25) is 0 Å². The van der Waals surface area contributed by atoms with Gasteiger partial charge in [-0.25, -0.2) is 4.79 Å². The van der Waals surface area contributed by atoms with Crippen molar-refractivity contribution in [2.75, 3.05) is 13.1 Å². The van der Waals surface area contributed by atoms with E-state index in [1.165, 1.54) is 6.08 Å². The Labute approximate surface area is 131 Å². The van der Waals surface area contributed by atoms with E-state index in [0.717, 1.165) is 31.5 Å². The van der Waals surface area contributed by atoms with E-state index in [0.29, 0.717) is 10.9 Å². The third kappa shape index (κ3) is 4.87. The molecule has 1 aliphatic heterocycles. The Hall–Kier alpha value is -1.32. The smallest absolute Gasteiger partial charge is 0.331 e. The first kappa shape index (κ1) is 16.1. The van der Waals surface area contributed by atoms with Crippen molar-refractivity contribution in [3.8, 4) is 0 Å². The van der Waals surface area contributed by atoms with Crippen LogP contribution in [-0.4, -0.2) is 24.7 Å². The zero-order valence-corrected chi connectivity index (χ0v) is 13.3. The van der Waals surface area contributed by atoms with E-state index in [1.807, 2.05) is 26.0 Å². The zero-order valence-electron chi connectivity index (χ0n) is 12.6. The summed E-state index contributed by atoms with van der Waals surface area (Å²) >= 11 is 5.83. The van der Waals surface area contributed by atoms with Gasteiger partial charge in [-0.2, -0.15) is 0 Å². The number of piperidine rings is 1. The number of rotatable bonds is 4. The van der Waals surface area contributed by atoms with E-state index in [2.05, 4.69) is 5.32 Å². The van der Waals surface area contributed by atoms with Gasteiger partial charge < -0.3 is 10.1 Å². The highest BCUT2D eigenvalue weighted by atomic mass is 35.5. The predicted molar refractivity (Wildman–Crippen MR) is 86.3 cm³/mol. The molecule has 0 saturated carbocycles. The van der Waals surface area contributed by atoms with Gasteiger partial charge in [0.1, 0.15) is 5.60 Å². The number of carbonyl (C=O) groups excluding carboxylic acids is 1. The van der Waals surface area contributed by atoms with Crippen molar-refractivity contribution in [3.05, 3.63) is 40.9 Å². The molecular weight excluding hydrogens is 286 g/mol. The van der Waals surface area contributed by atoms with Crippen LogP contribution in [0.5, 0.6) is 0 Å². The van der Waals surface area contributed by atoms with Gasteiger partial charge in [0.25, 0.3) is 0 Å². The third-order valence-corrected chi connectivity index (χ3v) is 4.22. The summed E-state index contributed by atoms with van der Waals surface area (Å²) in [5.41, 5.74) is 0.500. The van der Waals surface area contributed by atoms with Crippen LogP contribution in [0.3, 0.4) is 0 Å². The molecule has 1 aliphatic rings. The van der Waals surface area contributed by atoms with Crippen LogP contribution in [-0.2, 0) is 9.53 Å². The number of nitrogens with one attached hydrogen (secondary N) is 1. The predicted octanol–water partition coefficient (Wildman–Crippen LogP) is 3.67. The maximum Gasteiger partial charge on any atom is 0.331 e. The summed E-state index contributed by atoms with van der Waals surface area (Å²) < 4.78 is 5.64.